The number of hydrogen-bond acceptors (Lipinski definition) is 2. The number of carbonyl (C=O) groups is 1. The molecule has 0 bridgehead atoms. The molecule has 0 atom stereocenters. The Kier molecular flexibility index (Phi) is 5.38. The van der Waals surface area contributed by atoms with E-state index in [-0.39, 0.29) is 0 Å². The quantitative estimate of drug-likeness (QED) is 0.708. The zero-order chi connectivity index (χ0) is 12.0. The van der Waals surface area contributed by atoms with Crippen molar-refractivity contribution in [2.45, 2.75) is 6.54 Å². The molecule has 4 N–H and O–H groups in total. The Morgan fingerprint density at radius 2 is 2.06 bits per heavy atom. The molecule has 6 heteroatoms. The van der Waals surface area contributed by atoms with Crippen LogP contribution in [0, 0.1) is 0 Å². The standard InChI is InChI=1S/C10H13Cl2N3O/c11-8-2-1-7(9(12)5-8)6-14-3-4-15-10(13)16/h1-2,5,14H,3-4,6H2,(H3,13,15,16). The number of benzene rings is 1. The maximum Gasteiger partial charge on any atom is 0.312 e. The Labute approximate surface area is 104 Å². The van der Waals surface area contributed by atoms with Crippen molar-refractivity contribution in [1.29, 1.82) is 0 Å². The maximum atomic E-state index is 10.4. The Hall–Kier alpha value is -0.970. The van der Waals surface area contributed by atoms with E-state index in [1.165, 1.54) is 0 Å². The summed E-state index contributed by atoms with van der Waals surface area (Å²) in [5.74, 6) is 0. The third kappa shape index (κ3) is 4.70. The molecule has 0 aliphatic carbocycles. The van der Waals surface area contributed by atoms with Crippen molar-refractivity contribution in [2.24, 2.45) is 5.73 Å². The predicted octanol–water partition coefficient (Wildman–Crippen LogP) is 1.75. The average molecular weight is 262 g/mol. The van der Waals surface area contributed by atoms with Gasteiger partial charge in [-0.3, -0.25) is 0 Å². The number of primary amides is 1. The molecule has 88 valence electrons. The Morgan fingerprint density at radius 3 is 2.69 bits per heavy atom. The molecule has 0 aromatic heterocycles. The van der Waals surface area contributed by atoms with Crippen molar-refractivity contribution in [3.8, 4) is 0 Å². The van der Waals surface area contributed by atoms with Gasteiger partial charge in [0.25, 0.3) is 0 Å². The van der Waals surface area contributed by atoms with Gasteiger partial charge < -0.3 is 16.4 Å². The number of carbonyl (C=O) groups excluding carboxylic acids is 1. The van der Waals surface area contributed by atoms with E-state index >= 15 is 0 Å². The van der Waals surface area contributed by atoms with E-state index in [2.05, 4.69) is 10.6 Å². The van der Waals surface area contributed by atoms with Crippen LogP contribution >= 0.6 is 23.2 Å². The summed E-state index contributed by atoms with van der Waals surface area (Å²) in [6.45, 7) is 1.74. The summed E-state index contributed by atoms with van der Waals surface area (Å²) in [6, 6.07) is 4.82. The number of amides is 2. The molecule has 0 spiro atoms. The maximum absolute atomic E-state index is 10.4. The van der Waals surface area contributed by atoms with Gasteiger partial charge in [0.2, 0.25) is 0 Å². The van der Waals surface area contributed by atoms with Crippen LogP contribution in [0.2, 0.25) is 10.0 Å². The van der Waals surface area contributed by atoms with Crippen LogP contribution in [-0.4, -0.2) is 19.1 Å². The molecule has 16 heavy (non-hydrogen) atoms. The molecular formula is C10H13Cl2N3O. The van der Waals surface area contributed by atoms with E-state index in [1.807, 2.05) is 6.07 Å². The van der Waals surface area contributed by atoms with Crippen molar-refractivity contribution in [3.05, 3.63) is 33.8 Å². The number of nitrogens with one attached hydrogen (secondary N) is 2. The summed E-state index contributed by atoms with van der Waals surface area (Å²) < 4.78 is 0. The van der Waals surface area contributed by atoms with Crippen LogP contribution in [0.5, 0.6) is 0 Å². The van der Waals surface area contributed by atoms with Gasteiger partial charge in [0, 0.05) is 29.7 Å². The van der Waals surface area contributed by atoms with Gasteiger partial charge in [0.05, 0.1) is 0 Å². The number of urea groups is 1. The van der Waals surface area contributed by atoms with Crippen LogP contribution in [-0.2, 0) is 6.54 Å². The fourth-order valence-electron chi connectivity index (χ4n) is 1.16. The van der Waals surface area contributed by atoms with E-state index in [0.717, 1.165) is 5.56 Å². The summed E-state index contributed by atoms with van der Waals surface area (Å²) in [4.78, 5) is 10.4. The molecule has 0 saturated heterocycles. The topological polar surface area (TPSA) is 67.2 Å². The first kappa shape index (κ1) is 13.1. The fourth-order valence-corrected chi connectivity index (χ4v) is 1.64. The van der Waals surface area contributed by atoms with Crippen LogP contribution in [0.3, 0.4) is 0 Å². The first-order valence-electron chi connectivity index (χ1n) is 4.77. The Balaban J connectivity index is 2.29. The lowest BCUT2D eigenvalue weighted by molar-refractivity contribution is 0.249. The highest BCUT2D eigenvalue weighted by molar-refractivity contribution is 6.35. The number of rotatable bonds is 5. The van der Waals surface area contributed by atoms with Gasteiger partial charge in [-0.05, 0) is 17.7 Å². The van der Waals surface area contributed by atoms with Crippen molar-refractivity contribution < 1.29 is 4.79 Å². The monoisotopic (exact) mass is 261 g/mol. The van der Waals surface area contributed by atoms with Crippen molar-refractivity contribution >= 4 is 29.2 Å². The summed E-state index contributed by atoms with van der Waals surface area (Å²) in [6.07, 6.45) is 0. The van der Waals surface area contributed by atoms with Gasteiger partial charge in [-0.1, -0.05) is 29.3 Å². The predicted molar refractivity (Wildman–Crippen MR) is 65.8 cm³/mol. The number of nitrogens with two attached hydrogens (primary N) is 1. The minimum absolute atomic E-state index is 0.487. The first-order chi connectivity index (χ1) is 7.59. The molecule has 1 aromatic rings. The highest BCUT2D eigenvalue weighted by Crippen LogP contribution is 2.20. The molecule has 1 aromatic carbocycles. The Morgan fingerprint density at radius 1 is 1.31 bits per heavy atom. The van der Waals surface area contributed by atoms with Crippen LogP contribution in [0.1, 0.15) is 5.56 Å². The second-order valence-corrected chi connectivity index (χ2v) is 4.05. The van der Waals surface area contributed by atoms with Gasteiger partial charge in [-0.2, -0.15) is 0 Å². The lowest BCUT2D eigenvalue weighted by Gasteiger charge is -2.07. The molecule has 0 saturated carbocycles. The van der Waals surface area contributed by atoms with Gasteiger partial charge >= 0.3 is 6.03 Å². The summed E-state index contributed by atoms with van der Waals surface area (Å²) >= 11 is 11.7. The number of hydrogen-bond donors (Lipinski definition) is 3. The molecule has 0 aliphatic rings. The molecule has 0 unspecified atom stereocenters. The van der Waals surface area contributed by atoms with Gasteiger partial charge in [0.15, 0.2) is 0 Å². The van der Waals surface area contributed by atoms with Crippen molar-refractivity contribution in [1.82, 2.24) is 10.6 Å². The summed E-state index contributed by atoms with van der Waals surface area (Å²) in [5, 5.41) is 6.84. The molecule has 0 aliphatic heterocycles. The van der Waals surface area contributed by atoms with Crippen molar-refractivity contribution in [2.75, 3.05) is 13.1 Å². The largest absolute Gasteiger partial charge is 0.352 e. The normalized spacial score (nSPS) is 10.1. The van der Waals surface area contributed by atoms with Crippen LogP contribution in [0.4, 0.5) is 4.79 Å². The molecular weight excluding hydrogens is 249 g/mol. The van der Waals surface area contributed by atoms with E-state index in [9.17, 15) is 4.79 Å². The smallest absolute Gasteiger partial charge is 0.312 e. The van der Waals surface area contributed by atoms with E-state index in [4.69, 9.17) is 28.9 Å². The SMILES string of the molecule is NC(=O)NCCNCc1ccc(Cl)cc1Cl. The molecule has 2 amide bonds. The molecule has 4 nitrogen and oxygen atoms in total. The third-order valence-corrected chi connectivity index (χ3v) is 2.52. The van der Waals surface area contributed by atoms with E-state index in [0.29, 0.717) is 29.7 Å². The fraction of sp³-hybridized carbons (Fsp3) is 0.300. The zero-order valence-electron chi connectivity index (χ0n) is 8.59. The lowest BCUT2D eigenvalue weighted by atomic mass is 10.2. The summed E-state index contributed by atoms with van der Waals surface area (Å²) in [5.41, 5.74) is 5.88. The molecule has 0 radical (unpaired) electrons. The van der Waals surface area contributed by atoms with E-state index < -0.39 is 6.03 Å². The Bertz CT molecular complexity index is 371. The highest BCUT2D eigenvalue weighted by Gasteiger charge is 2.00. The third-order valence-electron chi connectivity index (χ3n) is 1.93. The zero-order valence-corrected chi connectivity index (χ0v) is 10.1. The minimum Gasteiger partial charge on any atom is -0.352 e. The van der Waals surface area contributed by atoms with Crippen LogP contribution in [0.15, 0.2) is 18.2 Å². The lowest BCUT2D eigenvalue weighted by Crippen LogP contribution is -2.35. The molecule has 1 rings (SSSR count). The van der Waals surface area contributed by atoms with Gasteiger partial charge in [0.1, 0.15) is 0 Å². The second kappa shape index (κ2) is 6.58. The van der Waals surface area contributed by atoms with Crippen molar-refractivity contribution in [3.63, 3.8) is 0 Å². The molecule has 0 fully saturated rings. The average Bonchev–Trinajstić information content (AvgIpc) is 2.20. The van der Waals surface area contributed by atoms with Gasteiger partial charge in [-0.25, -0.2) is 4.79 Å². The first-order valence-corrected chi connectivity index (χ1v) is 5.53. The highest BCUT2D eigenvalue weighted by atomic mass is 35.5. The molecule has 0 heterocycles. The summed E-state index contributed by atoms with van der Waals surface area (Å²) in [7, 11) is 0. The second-order valence-electron chi connectivity index (χ2n) is 3.20. The van der Waals surface area contributed by atoms with E-state index in [1.54, 1.807) is 12.1 Å². The van der Waals surface area contributed by atoms with Crippen LogP contribution in [0.25, 0.3) is 0 Å². The van der Waals surface area contributed by atoms with Gasteiger partial charge in [-0.15, -0.1) is 0 Å². The van der Waals surface area contributed by atoms with Crippen LogP contribution < -0.4 is 16.4 Å². The number of halogens is 2. The minimum atomic E-state index is -0.522.